The standard InChI is InChI=1S/C17H18N2O/c1-19(12-10-18-11-12)17-13-6-2-4-8-15(13)20-16-9-5-3-7-14(16)17/h2-9,12,17-18H,10-11H2,1H3. The lowest BCUT2D eigenvalue weighted by Crippen LogP contribution is -2.56. The first-order valence-corrected chi connectivity index (χ1v) is 7.13. The van der Waals surface area contributed by atoms with Gasteiger partial charge in [0, 0.05) is 30.3 Å². The highest BCUT2D eigenvalue weighted by Crippen LogP contribution is 2.45. The first-order chi connectivity index (χ1) is 9.84. The highest BCUT2D eigenvalue weighted by Gasteiger charge is 2.34. The van der Waals surface area contributed by atoms with Crippen LogP contribution in [-0.2, 0) is 0 Å². The Hall–Kier alpha value is -1.84. The lowest BCUT2D eigenvalue weighted by molar-refractivity contribution is 0.140. The van der Waals surface area contributed by atoms with Crippen molar-refractivity contribution in [3.63, 3.8) is 0 Å². The molecule has 0 amide bonds. The molecule has 0 bridgehead atoms. The molecule has 20 heavy (non-hydrogen) atoms. The molecule has 0 unspecified atom stereocenters. The van der Waals surface area contributed by atoms with Gasteiger partial charge in [-0.25, -0.2) is 0 Å². The average Bonchev–Trinajstić information content (AvgIpc) is 2.42. The van der Waals surface area contributed by atoms with Crippen molar-refractivity contribution in [1.29, 1.82) is 0 Å². The smallest absolute Gasteiger partial charge is 0.132 e. The number of hydrogen-bond acceptors (Lipinski definition) is 3. The fourth-order valence-electron chi connectivity index (χ4n) is 3.10. The van der Waals surface area contributed by atoms with E-state index in [1.54, 1.807) is 0 Å². The van der Waals surface area contributed by atoms with Crippen molar-refractivity contribution in [3.8, 4) is 11.5 Å². The zero-order chi connectivity index (χ0) is 13.5. The quantitative estimate of drug-likeness (QED) is 0.904. The summed E-state index contributed by atoms with van der Waals surface area (Å²) in [7, 11) is 2.22. The van der Waals surface area contributed by atoms with E-state index in [0.717, 1.165) is 24.6 Å². The van der Waals surface area contributed by atoms with E-state index in [-0.39, 0.29) is 6.04 Å². The van der Waals surface area contributed by atoms with Crippen LogP contribution in [0.1, 0.15) is 17.2 Å². The van der Waals surface area contributed by atoms with Gasteiger partial charge in [-0.2, -0.15) is 0 Å². The summed E-state index contributed by atoms with van der Waals surface area (Å²) in [6.07, 6.45) is 0. The second-order valence-corrected chi connectivity index (χ2v) is 5.56. The third-order valence-corrected chi connectivity index (χ3v) is 4.39. The van der Waals surface area contributed by atoms with E-state index >= 15 is 0 Å². The summed E-state index contributed by atoms with van der Waals surface area (Å²) in [5.41, 5.74) is 2.53. The molecular formula is C17H18N2O. The maximum Gasteiger partial charge on any atom is 0.132 e. The molecule has 1 N–H and O–H groups in total. The molecule has 2 aromatic rings. The Labute approximate surface area is 119 Å². The molecule has 2 aliphatic heterocycles. The van der Waals surface area contributed by atoms with Crippen molar-refractivity contribution in [2.24, 2.45) is 0 Å². The first kappa shape index (κ1) is 11.9. The van der Waals surface area contributed by atoms with E-state index in [0.29, 0.717) is 6.04 Å². The molecule has 3 heteroatoms. The van der Waals surface area contributed by atoms with Gasteiger partial charge >= 0.3 is 0 Å². The van der Waals surface area contributed by atoms with Gasteiger partial charge in [-0.05, 0) is 19.2 Å². The minimum Gasteiger partial charge on any atom is -0.457 e. The predicted molar refractivity (Wildman–Crippen MR) is 79.2 cm³/mol. The Morgan fingerprint density at radius 1 is 0.950 bits per heavy atom. The van der Waals surface area contributed by atoms with Crippen molar-refractivity contribution in [1.82, 2.24) is 10.2 Å². The maximum absolute atomic E-state index is 6.05. The zero-order valence-corrected chi connectivity index (χ0v) is 11.5. The van der Waals surface area contributed by atoms with Crippen LogP contribution in [0.5, 0.6) is 11.5 Å². The monoisotopic (exact) mass is 266 g/mol. The molecule has 1 fully saturated rings. The molecule has 3 nitrogen and oxygen atoms in total. The molecule has 2 aliphatic rings. The second-order valence-electron chi connectivity index (χ2n) is 5.56. The van der Waals surface area contributed by atoms with Gasteiger partial charge in [0.05, 0.1) is 6.04 Å². The Bertz CT molecular complexity index is 591. The van der Waals surface area contributed by atoms with Crippen LogP contribution in [-0.4, -0.2) is 31.1 Å². The summed E-state index contributed by atoms with van der Waals surface area (Å²) in [6, 6.07) is 17.6. The van der Waals surface area contributed by atoms with E-state index in [4.69, 9.17) is 4.74 Å². The van der Waals surface area contributed by atoms with Gasteiger partial charge in [-0.3, -0.25) is 4.90 Å². The molecule has 102 valence electrons. The molecule has 2 aromatic carbocycles. The molecule has 0 atom stereocenters. The molecule has 2 heterocycles. The summed E-state index contributed by atoms with van der Waals surface area (Å²) in [5, 5.41) is 3.36. The van der Waals surface area contributed by atoms with Crippen LogP contribution in [0.15, 0.2) is 48.5 Å². The minimum absolute atomic E-state index is 0.281. The zero-order valence-electron chi connectivity index (χ0n) is 11.5. The van der Waals surface area contributed by atoms with Crippen LogP contribution in [0.2, 0.25) is 0 Å². The normalized spacial score (nSPS) is 18.1. The number of fused-ring (bicyclic) bond motifs is 2. The van der Waals surface area contributed by atoms with Crippen molar-refractivity contribution >= 4 is 0 Å². The second kappa shape index (κ2) is 4.62. The Morgan fingerprint density at radius 3 is 2.00 bits per heavy atom. The van der Waals surface area contributed by atoms with Crippen molar-refractivity contribution < 1.29 is 4.74 Å². The van der Waals surface area contributed by atoms with Gasteiger partial charge in [-0.15, -0.1) is 0 Å². The highest BCUT2D eigenvalue weighted by atomic mass is 16.5. The van der Waals surface area contributed by atoms with Crippen LogP contribution in [0.4, 0.5) is 0 Å². The van der Waals surface area contributed by atoms with E-state index in [1.807, 2.05) is 12.1 Å². The van der Waals surface area contributed by atoms with E-state index in [2.05, 4.69) is 53.7 Å². The Kier molecular flexibility index (Phi) is 2.76. The number of benzene rings is 2. The van der Waals surface area contributed by atoms with Gasteiger partial charge < -0.3 is 10.1 Å². The third kappa shape index (κ3) is 1.74. The largest absolute Gasteiger partial charge is 0.457 e. The van der Waals surface area contributed by atoms with Gasteiger partial charge in [0.15, 0.2) is 0 Å². The van der Waals surface area contributed by atoms with Crippen molar-refractivity contribution in [3.05, 3.63) is 59.7 Å². The topological polar surface area (TPSA) is 24.5 Å². The summed E-state index contributed by atoms with van der Waals surface area (Å²) >= 11 is 0. The van der Waals surface area contributed by atoms with Crippen LogP contribution in [0, 0.1) is 0 Å². The van der Waals surface area contributed by atoms with Crippen LogP contribution < -0.4 is 10.1 Å². The number of ether oxygens (including phenoxy) is 1. The van der Waals surface area contributed by atoms with Gasteiger partial charge in [0.2, 0.25) is 0 Å². The summed E-state index contributed by atoms with van der Waals surface area (Å²) < 4.78 is 6.05. The minimum atomic E-state index is 0.281. The van der Waals surface area contributed by atoms with E-state index < -0.39 is 0 Å². The molecular weight excluding hydrogens is 248 g/mol. The Morgan fingerprint density at radius 2 is 1.50 bits per heavy atom. The van der Waals surface area contributed by atoms with Crippen LogP contribution in [0.25, 0.3) is 0 Å². The molecule has 4 rings (SSSR count). The summed E-state index contributed by atoms with van der Waals surface area (Å²) in [4.78, 5) is 2.47. The Balaban J connectivity index is 1.83. The molecule has 0 aromatic heterocycles. The first-order valence-electron chi connectivity index (χ1n) is 7.13. The van der Waals surface area contributed by atoms with Gasteiger partial charge in [0.25, 0.3) is 0 Å². The average molecular weight is 266 g/mol. The lowest BCUT2D eigenvalue weighted by atomic mass is 9.91. The number of likely N-dealkylation sites (N-methyl/N-ethyl adjacent to an activating group) is 1. The molecule has 0 spiro atoms. The van der Waals surface area contributed by atoms with Crippen molar-refractivity contribution in [2.75, 3.05) is 20.1 Å². The van der Waals surface area contributed by atoms with Gasteiger partial charge in [-0.1, -0.05) is 36.4 Å². The number of nitrogens with one attached hydrogen (secondary N) is 1. The molecule has 0 aliphatic carbocycles. The number of hydrogen-bond donors (Lipinski definition) is 1. The van der Waals surface area contributed by atoms with Crippen LogP contribution in [0.3, 0.4) is 0 Å². The molecule has 1 saturated heterocycles. The summed E-state index contributed by atoms with van der Waals surface area (Å²) in [5.74, 6) is 1.96. The SMILES string of the molecule is CN(C1CNC1)C1c2ccccc2Oc2ccccc21. The van der Waals surface area contributed by atoms with Crippen LogP contribution >= 0.6 is 0 Å². The van der Waals surface area contributed by atoms with Crippen molar-refractivity contribution in [2.45, 2.75) is 12.1 Å². The fraction of sp³-hybridized carbons (Fsp3) is 0.294. The number of nitrogens with zero attached hydrogens (tertiary/aromatic N) is 1. The predicted octanol–water partition coefficient (Wildman–Crippen LogP) is 2.79. The highest BCUT2D eigenvalue weighted by molar-refractivity contribution is 5.53. The van der Waals surface area contributed by atoms with E-state index in [9.17, 15) is 0 Å². The third-order valence-electron chi connectivity index (χ3n) is 4.39. The fourth-order valence-corrected chi connectivity index (χ4v) is 3.10. The van der Waals surface area contributed by atoms with E-state index in [1.165, 1.54) is 11.1 Å². The maximum atomic E-state index is 6.05. The summed E-state index contributed by atoms with van der Waals surface area (Å²) in [6.45, 7) is 2.14. The number of rotatable bonds is 2. The van der Waals surface area contributed by atoms with Gasteiger partial charge in [0.1, 0.15) is 11.5 Å². The number of para-hydroxylation sites is 2. The molecule has 0 radical (unpaired) electrons. The molecule has 0 saturated carbocycles. The lowest BCUT2D eigenvalue weighted by Gasteiger charge is -2.43.